The number of amides is 2. The third kappa shape index (κ3) is 4.64. The van der Waals surface area contributed by atoms with Crippen molar-refractivity contribution in [2.75, 3.05) is 5.32 Å². The van der Waals surface area contributed by atoms with Gasteiger partial charge in [-0.25, -0.2) is 0 Å². The first-order valence-corrected chi connectivity index (χ1v) is 9.56. The van der Waals surface area contributed by atoms with Gasteiger partial charge in [0.2, 0.25) is 0 Å². The first-order valence-electron chi connectivity index (χ1n) is 9.56. The number of anilines is 1. The number of hydrogen-bond donors (Lipinski definition) is 2. The predicted octanol–water partition coefficient (Wildman–Crippen LogP) is 5.13. The summed E-state index contributed by atoms with van der Waals surface area (Å²) in [5, 5.41) is 5.68. The van der Waals surface area contributed by atoms with Crippen LogP contribution in [0.3, 0.4) is 0 Å². The van der Waals surface area contributed by atoms with E-state index in [9.17, 15) is 9.59 Å². The van der Waals surface area contributed by atoms with Gasteiger partial charge in [-0.3, -0.25) is 9.59 Å². The third-order valence-electron chi connectivity index (χ3n) is 4.66. The van der Waals surface area contributed by atoms with Crippen LogP contribution in [0.5, 0.6) is 0 Å². The number of rotatable bonds is 6. The minimum absolute atomic E-state index is 0.134. The summed E-state index contributed by atoms with van der Waals surface area (Å²) in [5.41, 5.74) is 4.38. The summed E-state index contributed by atoms with van der Waals surface area (Å²) in [7, 11) is 0. The highest BCUT2D eigenvalue weighted by molar-refractivity contribution is 6.02. The van der Waals surface area contributed by atoms with E-state index < -0.39 is 0 Å². The van der Waals surface area contributed by atoms with Crippen molar-refractivity contribution >= 4 is 17.5 Å². The molecule has 0 fully saturated rings. The molecule has 5 heteroatoms. The summed E-state index contributed by atoms with van der Waals surface area (Å²) in [6.07, 6.45) is 1.45. The van der Waals surface area contributed by atoms with E-state index in [-0.39, 0.29) is 17.6 Å². The lowest BCUT2D eigenvalue weighted by Gasteiger charge is -2.08. The Bertz CT molecular complexity index is 1120. The highest BCUT2D eigenvalue weighted by Crippen LogP contribution is 2.19. The van der Waals surface area contributed by atoms with Crippen LogP contribution in [-0.2, 0) is 6.54 Å². The summed E-state index contributed by atoms with van der Waals surface area (Å²) in [6.45, 7) is 0.395. The molecule has 1 heterocycles. The fourth-order valence-electron chi connectivity index (χ4n) is 3.04. The van der Waals surface area contributed by atoms with Crippen LogP contribution >= 0.6 is 0 Å². The molecule has 1 aromatic heterocycles. The molecule has 0 saturated carbocycles. The van der Waals surface area contributed by atoms with Crippen LogP contribution in [0.2, 0.25) is 0 Å². The summed E-state index contributed by atoms with van der Waals surface area (Å²) in [4.78, 5) is 24.4. The molecule has 3 aromatic carbocycles. The number of carbonyl (C=O) groups is 2. The molecular weight excluding hydrogens is 376 g/mol. The first-order chi connectivity index (χ1) is 14.7. The van der Waals surface area contributed by atoms with Crippen molar-refractivity contribution in [1.82, 2.24) is 5.32 Å². The van der Waals surface area contributed by atoms with Gasteiger partial charge in [0.15, 0.2) is 5.76 Å². The van der Waals surface area contributed by atoms with Crippen molar-refractivity contribution in [1.29, 1.82) is 0 Å². The van der Waals surface area contributed by atoms with Gasteiger partial charge >= 0.3 is 0 Å². The van der Waals surface area contributed by atoms with E-state index in [0.29, 0.717) is 17.8 Å². The minimum Gasteiger partial charge on any atom is -0.459 e. The average molecular weight is 396 g/mol. The predicted molar refractivity (Wildman–Crippen MR) is 116 cm³/mol. The lowest BCUT2D eigenvalue weighted by atomic mass is 10.0. The molecule has 5 nitrogen and oxygen atoms in total. The molecule has 0 saturated heterocycles. The third-order valence-corrected chi connectivity index (χ3v) is 4.66. The van der Waals surface area contributed by atoms with Crippen LogP contribution < -0.4 is 10.6 Å². The highest BCUT2D eigenvalue weighted by Gasteiger charge is 2.09. The Labute approximate surface area is 174 Å². The maximum atomic E-state index is 12.4. The number of nitrogens with one attached hydrogen (secondary N) is 2. The zero-order valence-electron chi connectivity index (χ0n) is 16.2. The number of hydrogen-bond acceptors (Lipinski definition) is 3. The Hall–Kier alpha value is -4.12. The second-order valence-electron chi connectivity index (χ2n) is 6.75. The van der Waals surface area contributed by atoms with E-state index >= 15 is 0 Å². The molecule has 4 rings (SSSR count). The van der Waals surface area contributed by atoms with Gasteiger partial charge in [0.25, 0.3) is 11.8 Å². The lowest BCUT2D eigenvalue weighted by Crippen LogP contribution is -2.22. The SMILES string of the molecule is O=C(NCc1ccc(NC(=O)c2ccco2)cc1)c1ccc(-c2ccccc2)cc1. The fraction of sp³-hybridized carbons (Fsp3) is 0.0400. The molecule has 2 amide bonds. The zero-order chi connectivity index (χ0) is 20.8. The van der Waals surface area contributed by atoms with E-state index in [1.165, 1.54) is 6.26 Å². The van der Waals surface area contributed by atoms with Crippen LogP contribution in [0.25, 0.3) is 11.1 Å². The molecule has 4 aromatic rings. The number of carbonyl (C=O) groups excluding carboxylic acids is 2. The molecule has 0 atom stereocenters. The molecular formula is C25H20N2O3. The molecule has 148 valence electrons. The first kappa shape index (κ1) is 19.2. The van der Waals surface area contributed by atoms with Crippen LogP contribution in [0.1, 0.15) is 26.5 Å². The van der Waals surface area contributed by atoms with Gasteiger partial charge in [-0.2, -0.15) is 0 Å². The van der Waals surface area contributed by atoms with Crippen molar-refractivity contribution in [3.63, 3.8) is 0 Å². The fourth-order valence-corrected chi connectivity index (χ4v) is 3.04. The Kier molecular flexibility index (Phi) is 5.71. The van der Waals surface area contributed by atoms with Crippen LogP contribution in [0, 0.1) is 0 Å². The van der Waals surface area contributed by atoms with Crippen LogP contribution in [0.15, 0.2) is 102 Å². The minimum atomic E-state index is -0.306. The Morgan fingerprint density at radius 3 is 2.07 bits per heavy atom. The van der Waals surface area contributed by atoms with E-state index in [1.807, 2.05) is 66.7 Å². The van der Waals surface area contributed by atoms with E-state index in [1.54, 1.807) is 24.3 Å². The van der Waals surface area contributed by atoms with Gasteiger partial charge in [0.05, 0.1) is 6.26 Å². The van der Waals surface area contributed by atoms with Crippen molar-refractivity contribution in [2.45, 2.75) is 6.54 Å². The largest absolute Gasteiger partial charge is 0.459 e. The molecule has 0 unspecified atom stereocenters. The molecule has 30 heavy (non-hydrogen) atoms. The summed E-state index contributed by atoms with van der Waals surface area (Å²) >= 11 is 0. The van der Waals surface area contributed by atoms with Gasteiger partial charge in [-0.05, 0) is 53.1 Å². The smallest absolute Gasteiger partial charge is 0.291 e. The van der Waals surface area contributed by atoms with Crippen LogP contribution in [-0.4, -0.2) is 11.8 Å². The monoisotopic (exact) mass is 396 g/mol. The van der Waals surface area contributed by atoms with Gasteiger partial charge in [0.1, 0.15) is 0 Å². The molecule has 0 radical (unpaired) electrons. The highest BCUT2D eigenvalue weighted by atomic mass is 16.3. The normalized spacial score (nSPS) is 10.4. The maximum absolute atomic E-state index is 12.4. The number of furan rings is 1. The zero-order valence-corrected chi connectivity index (χ0v) is 16.2. The maximum Gasteiger partial charge on any atom is 0.291 e. The van der Waals surface area contributed by atoms with Gasteiger partial charge in [-0.1, -0.05) is 54.6 Å². The second-order valence-corrected chi connectivity index (χ2v) is 6.75. The summed E-state index contributed by atoms with van der Waals surface area (Å²) in [5.74, 6) is -0.186. The molecule has 2 N–H and O–H groups in total. The second kappa shape index (κ2) is 8.92. The quantitative estimate of drug-likeness (QED) is 0.475. The molecule has 0 aliphatic carbocycles. The van der Waals surface area contributed by atoms with Gasteiger partial charge in [-0.15, -0.1) is 0 Å². The molecule has 0 aliphatic rings. The van der Waals surface area contributed by atoms with Crippen molar-refractivity contribution in [3.05, 3.63) is 114 Å². The van der Waals surface area contributed by atoms with E-state index in [4.69, 9.17) is 4.42 Å². The van der Waals surface area contributed by atoms with Gasteiger partial charge < -0.3 is 15.1 Å². The standard InChI is InChI=1S/C25H20N2O3/c28-24(21-12-10-20(11-13-21)19-5-2-1-3-6-19)26-17-18-8-14-22(15-9-18)27-25(29)23-7-4-16-30-23/h1-16H,17H2,(H,26,28)(H,27,29). The molecule has 0 aliphatic heterocycles. The summed E-state index contributed by atoms with van der Waals surface area (Å²) < 4.78 is 5.07. The van der Waals surface area contributed by atoms with Crippen molar-refractivity contribution in [3.8, 4) is 11.1 Å². The Morgan fingerprint density at radius 2 is 1.40 bits per heavy atom. The molecule has 0 spiro atoms. The van der Waals surface area contributed by atoms with E-state index in [0.717, 1.165) is 16.7 Å². The van der Waals surface area contributed by atoms with Crippen molar-refractivity contribution < 1.29 is 14.0 Å². The van der Waals surface area contributed by atoms with Gasteiger partial charge in [0, 0.05) is 17.8 Å². The Morgan fingerprint density at radius 1 is 0.700 bits per heavy atom. The lowest BCUT2D eigenvalue weighted by molar-refractivity contribution is 0.0950. The molecule has 0 bridgehead atoms. The van der Waals surface area contributed by atoms with Crippen molar-refractivity contribution in [2.24, 2.45) is 0 Å². The van der Waals surface area contributed by atoms with Crippen LogP contribution in [0.4, 0.5) is 5.69 Å². The summed E-state index contributed by atoms with van der Waals surface area (Å²) in [6, 6.07) is 28.1. The topological polar surface area (TPSA) is 71.3 Å². The Balaban J connectivity index is 1.32. The number of benzene rings is 3. The van der Waals surface area contributed by atoms with E-state index in [2.05, 4.69) is 10.6 Å². The average Bonchev–Trinajstić information content (AvgIpc) is 3.34.